The third-order valence-electron chi connectivity index (χ3n) is 3.03. The fourth-order valence-corrected chi connectivity index (χ4v) is 2.76. The van der Waals surface area contributed by atoms with Crippen molar-refractivity contribution in [3.8, 4) is 5.75 Å². The molecule has 2 unspecified atom stereocenters. The third-order valence-corrected chi connectivity index (χ3v) is 3.62. The highest BCUT2D eigenvalue weighted by Gasteiger charge is 2.34. The average molecular weight is 302 g/mol. The molecule has 0 amide bonds. The largest absolute Gasteiger partial charge is 0.487 e. The summed E-state index contributed by atoms with van der Waals surface area (Å²) >= 11 is 3.36. The molecule has 0 radical (unpaired) electrons. The number of benzene rings is 1. The second kappa shape index (κ2) is 5.36. The van der Waals surface area contributed by atoms with E-state index in [4.69, 9.17) is 4.74 Å². The molecule has 0 fully saturated rings. The molecule has 1 aromatic rings. The van der Waals surface area contributed by atoms with Gasteiger partial charge in [-0.05, 0) is 47.4 Å². The molecule has 17 heavy (non-hydrogen) atoms. The van der Waals surface area contributed by atoms with Gasteiger partial charge in [-0.15, -0.1) is 0 Å². The first-order valence-electron chi connectivity index (χ1n) is 6.06. The van der Waals surface area contributed by atoms with E-state index in [0.717, 1.165) is 30.7 Å². The Morgan fingerprint density at radius 2 is 2.18 bits per heavy atom. The number of ether oxygens (including phenoxy) is 1. The lowest BCUT2D eigenvalue weighted by atomic mass is 10.0. The topological polar surface area (TPSA) is 21.3 Å². The number of halogens is 2. The number of nitrogens with one attached hydrogen (secondary N) is 1. The molecule has 1 aliphatic rings. The van der Waals surface area contributed by atoms with E-state index >= 15 is 0 Å². The average Bonchev–Trinajstić information content (AvgIpc) is 2.64. The molecule has 1 N–H and O–H groups in total. The summed E-state index contributed by atoms with van der Waals surface area (Å²) in [5.74, 6) is 0.561. The van der Waals surface area contributed by atoms with Crippen LogP contribution in [0.2, 0.25) is 0 Å². The van der Waals surface area contributed by atoms with E-state index in [0.29, 0.717) is 4.47 Å². The minimum absolute atomic E-state index is 0.0923. The van der Waals surface area contributed by atoms with Gasteiger partial charge >= 0.3 is 0 Å². The Bertz CT molecular complexity index is 411. The molecule has 1 heterocycles. The van der Waals surface area contributed by atoms with E-state index in [-0.39, 0.29) is 18.0 Å². The minimum atomic E-state index is -0.223. The maximum absolute atomic E-state index is 13.4. The summed E-state index contributed by atoms with van der Waals surface area (Å²) < 4.78 is 20.0. The van der Waals surface area contributed by atoms with Crippen LogP contribution in [0, 0.1) is 5.82 Å². The van der Waals surface area contributed by atoms with Gasteiger partial charge in [-0.1, -0.05) is 13.8 Å². The van der Waals surface area contributed by atoms with Gasteiger partial charge < -0.3 is 10.1 Å². The van der Waals surface area contributed by atoms with Gasteiger partial charge in [-0.3, -0.25) is 0 Å². The van der Waals surface area contributed by atoms with Crippen molar-refractivity contribution in [3.63, 3.8) is 0 Å². The predicted octanol–water partition coefficient (Wildman–Crippen LogP) is 3.80. The van der Waals surface area contributed by atoms with Crippen LogP contribution in [0.4, 0.5) is 4.39 Å². The molecule has 94 valence electrons. The standard InChI is InChI=1S/C13H17BrFNO/c1-3-5-16-12-9-6-8(15)7-10(14)13(9)17-11(12)4-2/h6-7,11-12,16H,3-5H2,1-2H3. The van der Waals surface area contributed by atoms with Crippen molar-refractivity contribution in [2.75, 3.05) is 6.54 Å². The highest BCUT2D eigenvalue weighted by Crippen LogP contribution is 2.43. The molecular formula is C13H17BrFNO. The zero-order valence-corrected chi connectivity index (χ0v) is 11.7. The van der Waals surface area contributed by atoms with Crippen LogP contribution in [0.15, 0.2) is 16.6 Å². The van der Waals surface area contributed by atoms with Crippen LogP contribution in [0.1, 0.15) is 38.3 Å². The molecule has 0 bridgehead atoms. The van der Waals surface area contributed by atoms with Crippen molar-refractivity contribution in [1.82, 2.24) is 5.32 Å². The first kappa shape index (κ1) is 12.8. The Balaban J connectivity index is 2.33. The van der Waals surface area contributed by atoms with E-state index < -0.39 is 0 Å². The van der Waals surface area contributed by atoms with Crippen molar-refractivity contribution < 1.29 is 9.13 Å². The number of hydrogen-bond acceptors (Lipinski definition) is 2. The lowest BCUT2D eigenvalue weighted by Crippen LogP contribution is -2.31. The van der Waals surface area contributed by atoms with Gasteiger partial charge in [0.25, 0.3) is 0 Å². The predicted molar refractivity (Wildman–Crippen MR) is 69.8 cm³/mol. The molecule has 0 spiro atoms. The maximum Gasteiger partial charge on any atom is 0.139 e. The van der Waals surface area contributed by atoms with Crippen molar-refractivity contribution in [3.05, 3.63) is 28.0 Å². The normalized spacial score (nSPS) is 22.4. The highest BCUT2D eigenvalue weighted by molar-refractivity contribution is 9.10. The number of rotatable bonds is 4. The fourth-order valence-electron chi connectivity index (χ4n) is 2.22. The summed E-state index contributed by atoms with van der Waals surface area (Å²) in [5.41, 5.74) is 0.928. The minimum Gasteiger partial charge on any atom is -0.487 e. The zero-order chi connectivity index (χ0) is 12.4. The second-order valence-corrected chi connectivity index (χ2v) is 5.16. The van der Waals surface area contributed by atoms with Crippen molar-refractivity contribution >= 4 is 15.9 Å². The molecule has 0 aliphatic carbocycles. The van der Waals surface area contributed by atoms with E-state index in [1.807, 2.05) is 0 Å². The molecule has 2 nitrogen and oxygen atoms in total. The van der Waals surface area contributed by atoms with Crippen molar-refractivity contribution in [2.45, 2.75) is 38.8 Å². The Morgan fingerprint density at radius 3 is 2.82 bits per heavy atom. The van der Waals surface area contributed by atoms with Crippen LogP contribution in [-0.4, -0.2) is 12.6 Å². The van der Waals surface area contributed by atoms with Gasteiger partial charge in [-0.2, -0.15) is 0 Å². The highest BCUT2D eigenvalue weighted by atomic mass is 79.9. The molecule has 1 aromatic carbocycles. The van der Waals surface area contributed by atoms with Gasteiger partial charge in [0.1, 0.15) is 17.7 Å². The van der Waals surface area contributed by atoms with Crippen molar-refractivity contribution in [2.24, 2.45) is 0 Å². The monoisotopic (exact) mass is 301 g/mol. The van der Waals surface area contributed by atoms with Gasteiger partial charge in [0.15, 0.2) is 0 Å². The van der Waals surface area contributed by atoms with Gasteiger partial charge in [-0.25, -0.2) is 4.39 Å². The fraction of sp³-hybridized carbons (Fsp3) is 0.538. The van der Waals surface area contributed by atoms with Crippen LogP contribution in [0.25, 0.3) is 0 Å². The quantitative estimate of drug-likeness (QED) is 0.913. The second-order valence-electron chi connectivity index (χ2n) is 4.30. The Kier molecular flexibility index (Phi) is 4.05. The molecule has 2 rings (SSSR count). The number of fused-ring (bicyclic) bond motifs is 1. The van der Waals surface area contributed by atoms with Crippen LogP contribution in [0.5, 0.6) is 5.75 Å². The Hall–Kier alpha value is -0.610. The molecule has 0 aromatic heterocycles. The zero-order valence-electron chi connectivity index (χ0n) is 10.1. The Morgan fingerprint density at radius 1 is 1.41 bits per heavy atom. The molecule has 4 heteroatoms. The van der Waals surface area contributed by atoms with Crippen molar-refractivity contribution in [1.29, 1.82) is 0 Å². The lowest BCUT2D eigenvalue weighted by Gasteiger charge is -2.18. The van der Waals surface area contributed by atoms with Crippen LogP contribution >= 0.6 is 15.9 Å². The molecule has 2 atom stereocenters. The molecular weight excluding hydrogens is 285 g/mol. The number of hydrogen-bond donors (Lipinski definition) is 1. The molecule has 0 saturated heterocycles. The van der Waals surface area contributed by atoms with Crippen LogP contribution < -0.4 is 10.1 Å². The SMILES string of the molecule is CCCNC1c2cc(F)cc(Br)c2OC1CC. The van der Waals surface area contributed by atoms with Gasteiger partial charge in [0.2, 0.25) is 0 Å². The molecule has 0 saturated carbocycles. The first-order chi connectivity index (χ1) is 8.17. The smallest absolute Gasteiger partial charge is 0.139 e. The third kappa shape index (κ3) is 2.47. The van der Waals surface area contributed by atoms with Crippen LogP contribution in [-0.2, 0) is 0 Å². The van der Waals surface area contributed by atoms with E-state index in [9.17, 15) is 4.39 Å². The summed E-state index contributed by atoms with van der Waals surface area (Å²) in [6.07, 6.45) is 2.05. The maximum atomic E-state index is 13.4. The summed E-state index contributed by atoms with van der Waals surface area (Å²) in [6, 6.07) is 3.12. The Labute approximate surface area is 110 Å². The summed E-state index contributed by atoms with van der Waals surface area (Å²) in [5, 5.41) is 3.43. The summed E-state index contributed by atoms with van der Waals surface area (Å²) in [7, 11) is 0. The summed E-state index contributed by atoms with van der Waals surface area (Å²) in [6.45, 7) is 5.12. The first-order valence-corrected chi connectivity index (χ1v) is 6.85. The molecule has 1 aliphatic heterocycles. The van der Waals surface area contributed by atoms with E-state index in [1.165, 1.54) is 6.07 Å². The van der Waals surface area contributed by atoms with E-state index in [1.54, 1.807) is 6.07 Å². The van der Waals surface area contributed by atoms with E-state index in [2.05, 4.69) is 35.1 Å². The van der Waals surface area contributed by atoms with Gasteiger partial charge in [0, 0.05) is 5.56 Å². The summed E-state index contributed by atoms with van der Waals surface area (Å²) in [4.78, 5) is 0. The lowest BCUT2D eigenvalue weighted by molar-refractivity contribution is 0.184. The van der Waals surface area contributed by atoms with Crippen LogP contribution in [0.3, 0.4) is 0 Å². The van der Waals surface area contributed by atoms with Gasteiger partial charge in [0.05, 0.1) is 10.5 Å².